The van der Waals surface area contributed by atoms with E-state index in [-0.39, 0.29) is 10.7 Å². The molecule has 0 bridgehead atoms. The molecule has 1 aliphatic rings. The van der Waals surface area contributed by atoms with Crippen LogP contribution in [0.1, 0.15) is 16.8 Å². The van der Waals surface area contributed by atoms with Gasteiger partial charge in [-0.2, -0.15) is 0 Å². The highest BCUT2D eigenvalue weighted by atomic mass is 35.5. The summed E-state index contributed by atoms with van der Waals surface area (Å²) in [5, 5.41) is 2.29. The highest BCUT2D eigenvalue weighted by Gasteiger charge is 2.35. The number of hydrogen-bond acceptors (Lipinski definition) is 3. The zero-order chi connectivity index (χ0) is 22.4. The maximum atomic E-state index is 12.8. The minimum absolute atomic E-state index is 0.0779. The minimum Gasteiger partial charge on any atom is -0.340 e. The number of fused-ring (bicyclic) bond motifs is 1. The zero-order valence-electron chi connectivity index (χ0n) is 17.1. The second-order valence-electron chi connectivity index (χ2n) is 7.41. The van der Waals surface area contributed by atoms with E-state index in [1.807, 2.05) is 37.3 Å². The second-order valence-corrected chi connectivity index (χ2v) is 8.62. The molecule has 0 aliphatic carbocycles. The molecule has 0 spiro atoms. The van der Waals surface area contributed by atoms with Gasteiger partial charge in [0.2, 0.25) is 0 Å². The van der Waals surface area contributed by atoms with Gasteiger partial charge >= 0.3 is 0 Å². The first-order valence-electron chi connectivity index (χ1n) is 9.54. The van der Waals surface area contributed by atoms with Crippen molar-refractivity contribution in [2.75, 3.05) is 14.1 Å². The molecular formula is C23H19Cl2N3O2S. The summed E-state index contributed by atoms with van der Waals surface area (Å²) in [6, 6.07) is 13.3. The van der Waals surface area contributed by atoms with Crippen molar-refractivity contribution in [3.63, 3.8) is 0 Å². The molecule has 2 amide bonds. The van der Waals surface area contributed by atoms with E-state index in [9.17, 15) is 9.59 Å². The number of aromatic nitrogens is 1. The van der Waals surface area contributed by atoms with Crippen LogP contribution in [0.2, 0.25) is 10.0 Å². The molecule has 158 valence electrons. The van der Waals surface area contributed by atoms with Gasteiger partial charge in [0.05, 0.1) is 0 Å². The first-order valence-corrected chi connectivity index (χ1v) is 10.7. The Morgan fingerprint density at radius 1 is 1.00 bits per heavy atom. The number of rotatable bonds is 3. The van der Waals surface area contributed by atoms with Gasteiger partial charge in [-0.25, -0.2) is 0 Å². The first-order chi connectivity index (χ1) is 14.7. The molecule has 5 nitrogen and oxygen atoms in total. The first kappa shape index (κ1) is 21.6. The number of hydrogen-bond donors (Lipinski definition) is 0. The van der Waals surface area contributed by atoms with Gasteiger partial charge in [0, 0.05) is 52.8 Å². The van der Waals surface area contributed by atoms with Crippen LogP contribution in [-0.2, 0) is 16.1 Å². The Labute approximate surface area is 195 Å². The van der Waals surface area contributed by atoms with Crippen molar-refractivity contribution in [3.05, 3.63) is 74.9 Å². The summed E-state index contributed by atoms with van der Waals surface area (Å²) in [5.74, 6) is -0.824. The van der Waals surface area contributed by atoms with E-state index in [4.69, 9.17) is 35.4 Å². The van der Waals surface area contributed by atoms with Crippen LogP contribution in [0.25, 0.3) is 17.0 Å². The molecule has 0 unspecified atom stereocenters. The molecule has 2 aromatic carbocycles. The molecule has 0 N–H and O–H groups in total. The summed E-state index contributed by atoms with van der Waals surface area (Å²) in [6.45, 7) is 2.49. The number of carbonyl (C=O) groups is 2. The quantitative estimate of drug-likeness (QED) is 0.309. The van der Waals surface area contributed by atoms with Gasteiger partial charge < -0.3 is 4.57 Å². The maximum absolute atomic E-state index is 12.8. The van der Waals surface area contributed by atoms with E-state index in [0.29, 0.717) is 16.6 Å². The molecule has 1 aromatic heterocycles. The van der Waals surface area contributed by atoms with Gasteiger partial charge in [0.15, 0.2) is 5.11 Å². The van der Waals surface area contributed by atoms with E-state index in [0.717, 1.165) is 27.7 Å². The standard InChI is InChI=1S/C23H19Cl2N3O2S/c1-13-17(11-18-21(29)26(2)23(31)27(3)22(18)30)16-6-4-5-7-20(16)28(13)12-14-8-9-15(24)10-19(14)25/h4-11H,12H2,1-3H3. The molecule has 1 aliphatic heterocycles. The van der Waals surface area contributed by atoms with Crippen molar-refractivity contribution < 1.29 is 9.59 Å². The van der Waals surface area contributed by atoms with E-state index in [2.05, 4.69) is 4.57 Å². The fourth-order valence-corrected chi connectivity index (χ4v) is 4.42. The van der Waals surface area contributed by atoms with E-state index in [1.165, 1.54) is 9.80 Å². The van der Waals surface area contributed by atoms with Crippen molar-refractivity contribution in [1.29, 1.82) is 0 Å². The molecule has 4 rings (SSSR count). The van der Waals surface area contributed by atoms with Gasteiger partial charge in [-0.1, -0.05) is 47.5 Å². The maximum Gasteiger partial charge on any atom is 0.265 e. The molecule has 8 heteroatoms. The molecule has 31 heavy (non-hydrogen) atoms. The summed E-state index contributed by atoms with van der Waals surface area (Å²) in [4.78, 5) is 28.2. The highest BCUT2D eigenvalue weighted by Crippen LogP contribution is 2.31. The number of benzene rings is 2. The van der Waals surface area contributed by atoms with Crippen LogP contribution >= 0.6 is 35.4 Å². The molecule has 0 atom stereocenters. The average molecular weight is 472 g/mol. The Bertz CT molecular complexity index is 1270. The average Bonchev–Trinajstić information content (AvgIpc) is 3.01. The molecule has 1 saturated heterocycles. The molecule has 2 heterocycles. The molecule has 1 fully saturated rings. The number of thiocarbonyl (C=S) groups is 1. The smallest absolute Gasteiger partial charge is 0.265 e. The SMILES string of the molecule is Cc1c(C=C2C(=O)N(C)C(=S)N(C)C2=O)c2ccccc2n1Cc1ccc(Cl)cc1Cl. The van der Waals surface area contributed by atoms with Crippen molar-refractivity contribution in [3.8, 4) is 0 Å². The summed E-state index contributed by atoms with van der Waals surface area (Å²) < 4.78 is 2.12. The monoisotopic (exact) mass is 471 g/mol. The van der Waals surface area contributed by atoms with E-state index >= 15 is 0 Å². The third-order valence-corrected chi connectivity index (χ3v) is 6.69. The summed E-state index contributed by atoms with van der Waals surface area (Å²) in [6.07, 6.45) is 1.66. The zero-order valence-corrected chi connectivity index (χ0v) is 19.5. The van der Waals surface area contributed by atoms with Crippen LogP contribution in [0.15, 0.2) is 48.0 Å². The Balaban J connectivity index is 1.87. The lowest BCUT2D eigenvalue weighted by Gasteiger charge is -2.31. The molecule has 0 saturated carbocycles. The minimum atomic E-state index is -0.412. The van der Waals surface area contributed by atoms with Crippen molar-refractivity contribution in [1.82, 2.24) is 14.4 Å². The Hall–Kier alpha value is -2.67. The summed E-state index contributed by atoms with van der Waals surface area (Å²) in [7, 11) is 3.14. The Morgan fingerprint density at radius 3 is 2.29 bits per heavy atom. The van der Waals surface area contributed by atoms with Crippen LogP contribution in [0.3, 0.4) is 0 Å². The lowest BCUT2D eigenvalue weighted by atomic mass is 10.0. The summed E-state index contributed by atoms with van der Waals surface area (Å²) in [5.41, 5.74) is 3.70. The number of likely N-dealkylation sites (N-methyl/N-ethyl adjacent to an activating group) is 2. The predicted molar refractivity (Wildman–Crippen MR) is 128 cm³/mol. The van der Waals surface area contributed by atoms with E-state index < -0.39 is 11.8 Å². The van der Waals surface area contributed by atoms with Crippen molar-refractivity contribution >= 4 is 69.3 Å². The third-order valence-electron chi connectivity index (χ3n) is 5.56. The van der Waals surface area contributed by atoms with Crippen LogP contribution in [0.4, 0.5) is 0 Å². The number of para-hydroxylation sites is 1. The third kappa shape index (κ3) is 3.65. The van der Waals surface area contributed by atoms with Gasteiger partial charge in [-0.05, 0) is 49.0 Å². The van der Waals surface area contributed by atoms with Gasteiger partial charge in [0.25, 0.3) is 11.8 Å². The lowest BCUT2D eigenvalue weighted by Crippen LogP contribution is -2.52. The topological polar surface area (TPSA) is 45.6 Å². The van der Waals surface area contributed by atoms with Gasteiger partial charge in [-0.3, -0.25) is 19.4 Å². The number of carbonyl (C=O) groups excluding carboxylic acids is 2. The molecular weight excluding hydrogens is 453 g/mol. The Morgan fingerprint density at radius 2 is 1.65 bits per heavy atom. The predicted octanol–water partition coefficient (Wildman–Crippen LogP) is 4.90. The van der Waals surface area contributed by atoms with E-state index in [1.54, 1.807) is 32.3 Å². The normalized spacial score (nSPS) is 14.7. The summed E-state index contributed by atoms with van der Waals surface area (Å²) >= 11 is 17.6. The van der Waals surface area contributed by atoms with Crippen LogP contribution in [0.5, 0.6) is 0 Å². The van der Waals surface area contributed by atoms with Crippen LogP contribution in [0, 0.1) is 6.92 Å². The highest BCUT2D eigenvalue weighted by molar-refractivity contribution is 7.80. The number of halogens is 2. The lowest BCUT2D eigenvalue weighted by molar-refractivity contribution is -0.132. The van der Waals surface area contributed by atoms with Gasteiger partial charge in [-0.15, -0.1) is 0 Å². The molecule has 0 radical (unpaired) electrons. The van der Waals surface area contributed by atoms with Crippen LogP contribution < -0.4 is 0 Å². The van der Waals surface area contributed by atoms with Crippen molar-refractivity contribution in [2.24, 2.45) is 0 Å². The van der Waals surface area contributed by atoms with Crippen molar-refractivity contribution in [2.45, 2.75) is 13.5 Å². The Kier molecular flexibility index (Phi) is 5.64. The second kappa shape index (κ2) is 8.11. The molecule has 3 aromatic rings. The van der Waals surface area contributed by atoms with Gasteiger partial charge in [0.1, 0.15) is 5.57 Å². The number of amides is 2. The largest absolute Gasteiger partial charge is 0.340 e. The number of nitrogens with zero attached hydrogens (tertiary/aromatic N) is 3. The fraction of sp³-hybridized carbons (Fsp3) is 0.174. The van der Waals surface area contributed by atoms with Crippen LogP contribution in [-0.4, -0.2) is 45.4 Å². The fourth-order valence-electron chi connectivity index (χ4n) is 3.78.